The van der Waals surface area contributed by atoms with Crippen LogP contribution in [0.2, 0.25) is 0 Å². The van der Waals surface area contributed by atoms with Crippen LogP contribution in [0.4, 0.5) is 4.39 Å². The van der Waals surface area contributed by atoms with Crippen molar-refractivity contribution in [2.45, 2.75) is 52.1 Å². The molecule has 0 spiro atoms. The largest absolute Gasteiger partial charge is 0.393 e. The standard InChI is InChI=1S/C19H24FN3O2/c1-3-13(24)9-10-21-19(25)18-14-5-4-6-16(14)23(22-18)17-8-7-12(2)11-15(17)20/h7-8,11,13,24H,3-6,9-10H2,1-2H3,(H,21,25). The molecule has 1 atom stereocenters. The molecular formula is C19H24FN3O2. The Hall–Kier alpha value is -2.21. The molecule has 2 aromatic rings. The van der Waals surface area contributed by atoms with E-state index in [1.54, 1.807) is 10.7 Å². The Labute approximate surface area is 146 Å². The molecule has 0 aliphatic heterocycles. The van der Waals surface area contributed by atoms with E-state index in [0.717, 1.165) is 36.1 Å². The molecule has 2 N–H and O–H groups in total. The first-order valence-electron chi connectivity index (χ1n) is 8.84. The number of aromatic nitrogens is 2. The van der Waals surface area contributed by atoms with Crippen LogP contribution in [0.15, 0.2) is 18.2 Å². The third kappa shape index (κ3) is 3.58. The zero-order valence-electron chi connectivity index (χ0n) is 14.7. The Morgan fingerprint density at radius 3 is 2.96 bits per heavy atom. The Bertz CT molecular complexity index is 785. The molecular weight excluding hydrogens is 321 g/mol. The summed E-state index contributed by atoms with van der Waals surface area (Å²) in [6.45, 7) is 4.13. The van der Waals surface area contributed by atoms with Gasteiger partial charge >= 0.3 is 0 Å². The SMILES string of the molecule is CCC(O)CCNC(=O)c1nn(-c2ccc(C)cc2F)c2c1CCC2. The summed E-state index contributed by atoms with van der Waals surface area (Å²) in [6.07, 6.45) is 3.27. The van der Waals surface area contributed by atoms with E-state index < -0.39 is 6.10 Å². The molecule has 1 heterocycles. The van der Waals surface area contributed by atoms with Gasteiger partial charge in [0.1, 0.15) is 11.5 Å². The lowest BCUT2D eigenvalue weighted by atomic mass is 10.1. The Balaban J connectivity index is 1.86. The highest BCUT2D eigenvalue weighted by molar-refractivity contribution is 5.94. The first-order valence-corrected chi connectivity index (χ1v) is 8.84. The van der Waals surface area contributed by atoms with Gasteiger partial charge in [-0.3, -0.25) is 4.79 Å². The maximum atomic E-state index is 14.4. The second-order valence-corrected chi connectivity index (χ2v) is 6.60. The molecule has 0 fully saturated rings. The molecule has 1 aliphatic carbocycles. The van der Waals surface area contributed by atoms with Crippen molar-refractivity contribution >= 4 is 5.91 Å². The van der Waals surface area contributed by atoms with Gasteiger partial charge in [0, 0.05) is 17.8 Å². The summed E-state index contributed by atoms with van der Waals surface area (Å²) in [7, 11) is 0. The van der Waals surface area contributed by atoms with E-state index in [9.17, 15) is 14.3 Å². The fraction of sp³-hybridized carbons (Fsp3) is 0.474. The smallest absolute Gasteiger partial charge is 0.272 e. The van der Waals surface area contributed by atoms with Crippen LogP contribution in [0.1, 0.15) is 53.5 Å². The molecule has 0 bridgehead atoms. The van der Waals surface area contributed by atoms with Gasteiger partial charge in [-0.15, -0.1) is 0 Å². The monoisotopic (exact) mass is 345 g/mol. The normalized spacial score (nSPS) is 14.4. The highest BCUT2D eigenvalue weighted by atomic mass is 19.1. The number of hydrogen-bond donors (Lipinski definition) is 2. The number of hydrogen-bond acceptors (Lipinski definition) is 3. The Morgan fingerprint density at radius 1 is 1.44 bits per heavy atom. The van der Waals surface area contributed by atoms with Crippen molar-refractivity contribution in [3.63, 3.8) is 0 Å². The summed E-state index contributed by atoms with van der Waals surface area (Å²) in [5, 5.41) is 16.8. The van der Waals surface area contributed by atoms with E-state index in [4.69, 9.17) is 0 Å². The first-order chi connectivity index (χ1) is 12.0. The number of amides is 1. The highest BCUT2D eigenvalue weighted by Gasteiger charge is 2.27. The summed E-state index contributed by atoms with van der Waals surface area (Å²) >= 11 is 0. The van der Waals surface area contributed by atoms with Crippen molar-refractivity contribution in [3.05, 3.63) is 46.5 Å². The van der Waals surface area contributed by atoms with Gasteiger partial charge in [-0.25, -0.2) is 9.07 Å². The maximum Gasteiger partial charge on any atom is 0.272 e. The summed E-state index contributed by atoms with van der Waals surface area (Å²) in [5.74, 6) is -0.594. The second kappa shape index (κ2) is 7.35. The van der Waals surface area contributed by atoms with Gasteiger partial charge in [-0.1, -0.05) is 13.0 Å². The second-order valence-electron chi connectivity index (χ2n) is 6.60. The van der Waals surface area contributed by atoms with Crippen LogP contribution in [0, 0.1) is 12.7 Å². The molecule has 0 saturated heterocycles. The van der Waals surface area contributed by atoms with Crippen molar-refractivity contribution in [1.82, 2.24) is 15.1 Å². The van der Waals surface area contributed by atoms with Crippen molar-refractivity contribution in [2.75, 3.05) is 6.54 Å². The molecule has 6 heteroatoms. The Kier molecular flexibility index (Phi) is 5.18. The van der Waals surface area contributed by atoms with Crippen LogP contribution in [0.3, 0.4) is 0 Å². The van der Waals surface area contributed by atoms with Crippen LogP contribution >= 0.6 is 0 Å². The molecule has 0 saturated carbocycles. The maximum absolute atomic E-state index is 14.4. The number of rotatable bonds is 6. The van der Waals surface area contributed by atoms with Crippen molar-refractivity contribution < 1.29 is 14.3 Å². The number of nitrogens with one attached hydrogen (secondary N) is 1. The average molecular weight is 345 g/mol. The van der Waals surface area contributed by atoms with E-state index >= 15 is 0 Å². The molecule has 1 aliphatic rings. The van der Waals surface area contributed by atoms with E-state index in [1.165, 1.54) is 6.07 Å². The Morgan fingerprint density at radius 2 is 2.24 bits per heavy atom. The molecule has 134 valence electrons. The third-order valence-electron chi connectivity index (χ3n) is 4.71. The van der Waals surface area contributed by atoms with Gasteiger partial charge in [-0.2, -0.15) is 5.10 Å². The number of carbonyl (C=O) groups excluding carboxylic acids is 1. The number of aliphatic hydroxyl groups is 1. The fourth-order valence-electron chi connectivity index (χ4n) is 3.24. The number of halogens is 1. The minimum Gasteiger partial charge on any atom is -0.393 e. The van der Waals surface area contributed by atoms with Crippen LogP contribution in [0.25, 0.3) is 5.69 Å². The van der Waals surface area contributed by atoms with Crippen molar-refractivity contribution in [2.24, 2.45) is 0 Å². The van der Waals surface area contributed by atoms with Crippen LogP contribution in [-0.2, 0) is 12.8 Å². The number of aliphatic hydroxyl groups excluding tert-OH is 1. The highest BCUT2D eigenvalue weighted by Crippen LogP contribution is 2.28. The third-order valence-corrected chi connectivity index (χ3v) is 4.71. The van der Waals surface area contributed by atoms with E-state index in [0.29, 0.717) is 30.8 Å². The van der Waals surface area contributed by atoms with Crippen molar-refractivity contribution in [1.29, 1.82) is 0 Å². The first kappa shape index (κ1) is 17.6. The quantitative estimate of drug-likeness (QED) is 0.846. The summed E-state index contributed by atoms with van der Waals surface area (Å²) in [5.41, 5.74) is 3.43. The predicted octanol–water partition coefficient (Wildman–Crippen LogP) is 2.70. The predicted molar refractivity (Wildman–Crippen MR) is 93.5 cm³/mol. The van der Waals surface area contributed by atoms with Crippen LogP contribution < -0.4 is 5.32 Å². The molecule has 1 aromatic heterocycles. The van der Waals surface area contributed by atoms with Gasteiger partial charge in [0.05, 0.1) is 6.10 Å². The molecule has 0 radical (unpaired) electrons. The zero-order chi connectivity index (χ0) is 18.0. The van der Waals surface area contributed by atoms with E-state index in [2.05, 4.69) is 10.4 Å². The van der Waals surface area contributed by atoms with Crippen LogP contribution in [0.5, 0.6) is 0 Å². The lowest BCUT2D eigenvalue weighted by Gasteiger charge is -2.08. The molecule has 1 unspecified atom stereocenters. The zero-order valence-corrected chi connectivity index (χ0v) is 14.7. The molecule has 25 heavy (non-hydrogen) atoms. The molecule has 5 nitrogen and oxygen atoms in total. The lowest BCUT2D eigenvalue weighted by Crippen LogP contribution is -2.28. The molecule has 1 aromatic carbocycles. The number of carbonyl (C=O) groups is 1. The van der Waals surface area contributed by atoms with E-state index in [1.807, 2.05) is 19.9 Å². The van der Waals surface area contributed by atoms with E-state index in [-0.39, 0.29) is 11.7 Å². The topological polar surface area (TPSA) is 67.2 Å². The van der Waals surface area contributed by atoms with Gasteiger partial charge < -0.3 is 10.4 Å². The van der Waals surface area contributed by atoms with Gasteiger partial charge in [-0.05, 0) is 56.7 Å². The van der Waals surface area contributed by atoms with Crippen LogP contribution in [-0.4, -0.2) is 33.4 Å². The number of nitrogens with zero attached hydrogens (tertiary/aromatic N) is 2. The van der Waals surface area contributed by atoms with Gasteiger partial charge in [0.2, 0.25) is 0 Å². The number of aryl methyl sites for hydroxylation is 1. The fourth-order valence-corrected chi connectivity index (χ4v) is 3.24. The van der Waals surface area contributed by atoms with Crippen molar-refractivity contribution in [3.8, 4) is 5.69 Å². The summed E-state index contributed by atoms with van der Waals surface area (Å²) < 4.78 is 15.9. The summed E-state index contributed by atoms with van der Waals surface area (Å²) in [4.78, 5) is 12.5. The molecule has 1 amide bonds. The minimum atomic E-state index is -0.412. The average Bonchev–Trinajstić information content (AvgIpc) is 3.17. The van der Waals surface area contributed by atoms with Gasteiger partial charge in [0.25, 0.3) is 5.91 Å². The van der Waals surface area contributed by atoms with Gasteiger partial charge in [0.15, 0.2) is 5.69 Å². The number of fused-ring (bicyclic) bond motifs is 1. The lowest BCUT2D eigenvalue weighted by molar-refractivity contribution is 0.0935. The summed E-state index contributed by atoms with van der Waals surface area (Å²) in [6, 6.07) is 5.02. The minimum absolute atomic E-state index is 0.257. The number of benzene rings is 1. The molecule has 3 rings (SSSR count).